The van der Waals surface area contributed by atoms with E-state index < -0.39 is 0 Å². The number of aromatic amines is 1. The number of nitrogens with two attached hydrogens (primary N) is 1. The van der Waals surface area contributed by atoms with E-state index in [-0.39, 0.29) is 0 Å². The average Bonchev–Trinajstić information content (AvgIpc) is 2.67. The summed E-state index contributed by atoms with van der Waals surface area (Å²) in [5.41, 5.74) is 8.35. The summed E-state index contributed by atoms with van der Waals surface area (Å²) in [4.78, 5) is 11.2. The van der Waals surface area contributed by atoms with Crippen molar-refractivity contribution in [2.24, 2.45) is 5.73 Å². The molecule has 0 aliphatic rings. The Morgan fingerprint density at radius 2 is 2.38 bits per heavy atom. The molecule has 2 aromatic rings. The van der Waals surface area contributed by atoms with Gasteiger partial charge in [0.15, 0.2) is 0 Å². The van der Waals surface area contributed by atoms with Crippen LogP contribution in [-0.4, -0.2) is 15.0 Å². The van der Waals surface area contributed by atoms with Crippen LogP contribution in [0.15, 0.2) is 30.9 Å². The third-order valence-electron chi connectivity index (χ3n) is 1.86. The molecule has 0 aliphatic heterocycles. The SMILES string of the molecule is NCc1[nH]cnc1-c1cccnc1. The number of nitrogens with zero attached hydrogens (tertiary/aromatic N) is 2. The smallest absolute Gasteiger partial charge is 0.0941 e. The Hall–Kier alpha value is -1.68. The van der Waals surface area contributed by atoms with Gasteiger partial charge in [-0.2, -0.15) is 0 Å². The van der Waals surface area contributed by atoms with Gasteiger partial charge in [0, 0.05) is 24.5 Å². The van der Waals surface area contributed by atoms with Crippen molar-refractivity contribution in [2.45, 2.75) is 6.54 Å². The molecule has 0 bridgehead atoms. The van der Waals surface area contributed by atoms with E-state index in [9.17, 15) is 0 Å². The number of pyridine rings is 1. The number of hydrogen-bond donors (Lipinski definition) is 2. The first-order chi connectivity index (χ1) is 6.42. The van der Waals surface area contributed by atoms with Gasteiger partial charge in [-0.3, -0.25) is 4.98 Å². The molecule has 0 radical (unpaired) electrons. The maximum atomic E-state index is 5.54. The van der Waals surface area contributed by atoms with Crippen LogP contribution in [-0.2, 0) is 6.54 Å². The highest BCUT2D eigenvalue weighted by atomic mass is 14.9. The molecule has 0 aliphatic carbocycles. The molecule has 2 heterocycles. The molecule has 0 amide bonds. The molecule has 4 heteroatoms. The van der Waals surface area contributed by atoms with Crippen LogP contribution in [0.4, 0.5) is 0 Å². The van der Waals surface area contributed by atoms with Gasteiger partial charge in [0.2, 0.25) is 0 Å². The molecule has 2 aromatic heterocycles. The summed E-state index contributed by atoms with van der Waals surface area (Å²) in [7, 11) is 0. The van der Waals surface area contributed by atoms with Crippen molar-refractivity contribution in [1.82, 2.24) is 15.0 Å². The molecule has 66 valence electrons. The Morgan fingerprint density at radius 1 is 1.46 bits per heavy atom. The third-order valence-corrected chi connectivity index (χ3v) is 1.86. The maximum absolute atomic E-state index is 5.54. The predicted molar refractivity (Wildman–Crippen MR) is 49.7 cm³/mol. The van der Waals surface area contributed by atoms with Gasteiger partial charge >= 0.3 is 0 Å². The lowest BCUT2D eigenvalue weighted by Gasteiger charge is -1.98. The number of rotatable bonds is 2. The van der Waals surface area contributed by atoms with E-state index in [4.69, 9.17) is 5.73 Å². The summed E-state index contributed by atoms with van der Waals surface area (Å²) in [6, 6.07) is 3.84. The molecule has 0 saturated heterocycles. The minimum Gasteiger partial charge on any atom is -0.347 e. The number of hydrogen-bond acceptors (Lipinski definition) is 3. The van der Waals surface area contributed by atoms with Crippen LogP contribution >= 0.6 is 0 Å². The largest absolute Gasteiger partial charge is 0.347 e. The predicted octanol–water partition coefficient (Wildman–Crippen LogP) is 0.930. The van der Waals surface area contributed by atoms with Gasteiger partial charge in [0.1, 0.15) is 0 Å². The van der Waals surface area contributed by atoms with Gasteiger partial charge in [0.05, 0.1) is 17.7 Å². The zero-order chi connectivity index (χ0) is 9.10. The second-order valence-electron chi connectivity index (χ2n) is 2.68. The van der Waals surface area contributed by atoms with E-state index in [0.717, 1.165) is 17.0 Å². The Balaban J connectivity index is 2.47. The van der Waals surface area contributed by atoms with Gasteiger partial charge in [-0.25, -0.2) is 4.98 Å². The number of H-pyrrole nitrogens is 1. The minimum atomic E-state index is 0.463. The van der Waals surface area contributed by atoms with E-state index in [2.05, 4.69) is 15.0 Å². The first-order valence-electron chi connectivity index (χ1n) is 4.04. The van der Waals surface area contributed by atoms with Crippen molar-refractivity contribution < 1.29 is 0 Å². The Bertz CT molecular complexity index is 380. The molecule has 0 spiro atoms. The van der Waals surface area contributed by atoms with Crippen LogP contribution in [0.2, 0.25) is 0 Å². The Labute approximate surface area is 75.8 Å². The minimum absolute atomic E-state index is 0.463. The molecule has 3 N–H and O–H groups in total. The first kappa shape index (κ1) is 7.94. The van der Waals surface area contributed by atoms with Crippen molar-refractivity contribution in [3.05, 3.63) is 36.5 Å². The second-order valence-corrected chi connectivity index (χ2v) is 2.68. The summed E-state index contributed by atoms with van der Waals surface area (Å²) in [6.45, 7) is 0.463. The fourth-order valence-corrected chi connectivity index (χ4v) is 1.23. The Kier molecular flexibility index (Phi) is 2.06. The second kappa shape index (κ2) is 3.37. The van der Waals surface area contributed by atoms with Gasteiger partial charge in [-0.05, 0) is 12.1 Å². The highest BCUT2D eigenvalue weighted by Gasteiger charge is 2.05. The number of imidazole rings is 1. The van der Waals surface area contributed by atoms with E-state index in [1.807, 2.05) is 12.1 Å². The van der Waals surface area contributed by atoms with Gasteiger partial charge in [-0.15, -0.1) is 0 Å². The summed E-state index contributed by atoms with van der Waals surface area (Å²) >= 11 is 0. The summed E-state index contributed by atoms with van der Waals surface area (Å²) < 4.78 is 0. The normalized spacial score (nSPS) is 10.2. The summed E-state index contributed by atoms with van der Waals surface area (Å²) in [6.07, 6.45) is 5.15. The molecule has 13 heavy (non-hydrogen) atoms. The molecule has 0 unspecified atom stereocenters. The molecule has 0 atom stereocenters. The quantitative estimate of drug-likeness (QED) is 0.711. The lowest BCUT2D eigenvalue weighted by Crippen LogP contribution is -1.98. The van der Waals surface area contributed by atoms with E-state index in [1.54, 1.807) is 18.7 Å². The lowest BCUT2D eigenvalue weighted by molar-refractivity contribution is 1.01. The monoisotopic (exact) mass is 174 g/mol. The molecular weight excluding hydrogens is 164 g/mol. The third kappa shape index (κ3) is 1.43. The molecule has 0 aromatic carbocycles. The topological polar surface area (TPSA) is 67.6 Å². The van der Waals surface area contributed by atoms with E-state index >= 15 is 0 Å². The Morgan fingerprint density at radius 3 is 3.08 bits per heavy atom. The molecule has 4 nitrogen and oxygen atoms in total. The first-order valence-corrected chi connectivity index (χ1v) is 4.04. The van der Waals surface area contributed by atoms with Crippen molar-refractivity contribution >= 4 is 0 Å². The number of nitrogens with one attached hydrogen (secondary N) is 1. The summed E-state index contributed by atoms with van der Waals surface area (Å²) in [5.74, 6) is 0. The van der Waals surface area contributed by atoms with Crippen LogP contribution in [0, 0.1) is 0 Å². The lowest BCUT2D eigenvalue weighted by atomic mass is 10.2. The highest BCUT2D eigenvalue weighted by Crippen LogP contribution is 2.17. The van der Waals surface area contributed by atoms with E-state index in [0.29, 0.717) is 6.54 Å². The van der Waals surface area contributed by atoms with Crippen molar-refractivity contribution in [3.63, 3.8) is 0 Å². The van der Waals surface area contributed by atoms with E-state index in [1.165, 1.54) is 0 Å². The fraction of sp³-hybridized carbons (Fsp3) is 0.111. The van der Waals surface area contributed by atoms with Crippen LogP contribution in [0.25, 0.3) is 11.3 Å². The van der Waals surface area contributed by atoms with Gasteiger partial charge in [-0.1, -0.05) is 0 Å². The van der Waals surface area contributed by atoms with Crippen LogP contribution in [0.1, 0.15) is 5.69 Å². The maximum Gasteiger partial charge on any atom is 0.0941 e. The molecule has 0 saturated carbocycles. The van der Waals surface area contributed by atoms with Crippen LogP contribution in [0.3, 0.4) is 0 Å². The number of aromatic nitrogens is 3. The molecule has 2 rings (SSSR count). The van der Waals surface area contributed by atoms with Crippen molar-refractivity contribution in [2.75, 3.05) is 0 Å². The molecular formula is C9H10N4. The van der Waals surface area contributed by atoms with Crippen molar-refractivity contribution in [3.8, 4) is 11.3 Å². The van der Waals surface area contributed by atoms with Crippen LogP contribution < -0.4 is 5.73 Å². The average molecular weight is 174 g/mol. The van der Waals surface area contributed by atoms with Gasteiger partial charge < -0.3 is 10.7 Å². The molecule has 0 fully saturated rings. The van der Waals surface area contributed by atoms with Gasteiger partial charge in [0.25, 0.3) is 0 Å². The van der Waals surface area contributed by atoms with Crippen LogP contribution in [0.5, 0.6) is 0 Å². The van der Waals surface area contributed by atoms with Crippen molar-refractivity contribution in [1.29, 1.82) is 0 Å². The summed E-state index contributed by atoms with van der Waals surface area (Å²) in [5, 5.41) is 0. The zero-order valence-electron chi connectivity index (χ0n) is 7.07. The fourth-order valence-electron chi connectivity index (χ4n) is 1.23. The highest BCUT2D eigenvalue weighted by molar-refractivity contribution is 5.60. The zero-order valence-corrected chi connectivity index (χ0v) is 7.07. The standard InChI is InChI=1S/C9H10N4/c10-4-8-9(13-6-12-8)7-2-1-3-11-5-7/h1-3,5-6H,4,10H2,(H,12,13).